The third-order valence-electron chi connectivity index (χ3n) is 1.91. The lowest BCUT2D eigenvalue weighted by molar-refractivity contribution is 1.22. The molecule has 1 rings (SSSR count). The zero-order valence-corrected chi connectivity index (χ0v) is 8.95. The van der Waals surface area contributed by atoms with Crippen molar-refractivity contribution < 1.29 is 0 Å². The van der Waals surface area contributed by atoms with E-state index >= 15 is 0 Å². The van der Waals surface area contributed by atoms with E-state index in [0.29, 0.717) is 0 Å². The van der Waals surface area contributed by atoms with Gasteiger partial charge in [0.2, 0.25) is 0 Å². The number of hydrogen-bond donors (Lipinski definition) is 2. The largest absolute Gasteiger partial charge is 0.397 e. The Morgan fingerprint density at radius 3 is 2.85 bits per heavy atom. The Hall–Kier alpha value is -0.830. The van der Waals surface area contributed by atoms with Crippen LogP contribution >= 0.6 is 11.8 Å². The normalized spacial score (nSPS) is 10.0. The quantitative estimate of drug-likeness (QED) is 0.573. The van der Waals surface area contributed by atoms with E-state index in [0.717, 1.165) is 23.7 Å². The number of rotatable bonds is 4. The van der Waals surface area contributed by atoms with E-state index in [4.69, 9.17) is 5.73 Å². The lowest BCUT2D eigenvalue weighted by atomic mass is 10.1. The molecule has 0 saturated heterocycles. The van der Waals surface area contributed by atoms with Crippen LogP contribution in [0.4, 0.5) is 11.4 Å². The van der Waals surface area contributed by atoms with Crippen molar-refractivity contribution >= 4 is 23.1 Å². The number of nitrogens with two attached hydrogens (primary N) is 1. The molecule has 2 nitrogen and oxygen atoms in total. The summed E-state index contributed by atoms with van der Waals surface area (Å²) >= 11 is 1.83. The molecular weight excluding hydrogens is 180 g/mol. The summed E-state index contributed by atoms with van der Waals surface area (Å²) in [6, 6.07) is 5.97. The second-order valence-corrected chi connectivity index (χ2v) is 3.94. The summed E-state index contributed by atoms with van der Waals surface area (Å²) in [5, 5.41) is 3.34. The van der Waals surface area contributed by atoms with Crippen LogP contribution in [-0.2, 0) is 0 Å². The second kappa shape index (κ2) is 5.02. The van der Waals surface area contributed by atoms with E-state index in [1.807, 2.05) is 23.9 Å². The van der Waals surface area contributed by atoms with Crippen molar-refractivity contribution in [3.8, 4) is 0 Å². The Labute approximate surface area is 83.9 Å². The van der Waals surface area contributed by atoms with Crippen LogP contribution in [0, 0.1) is 6.92 Å². The van der Waals surface area contributed by atoms with Crippen molar-refractivity contribution in [3.05, 3.63) is 23.8 Å². The number of aryl methyl sites for hydroxylation is 1. The van der Waals surface area contributed by atoms with E-state index in [2.05, 4.69) is 24.6 Å². The second-order valence-electron chi connectivity index (χ2n) is 2.96. The van der Waals surface area contributed by atoms with Crippen molar-refractivity contribution in [1.29, 1.82) is 0 Å². The number of para-hydroxylation sites is 1. The molecule has 0 aliphatic heterocycles. The molecule has 3 heteroatoms. The van der Waals surface area contributed by atoms with Crippen LogP contribution in [-0.4, -0.2) is 18.6 Å². The number of thioether (sulfide) groups is 1. The first-order chi connectivity index (χ1) is 6.25. The van der Waals surface area contributed by atoms with E-state index in [-0.39, 0.29) is 0 Å². The van der Waals surface area contributed by atoms with Gasteiger partial charge in [0.05, 0.1) is 11.4 Å². The van der Waals surface area contributed by atoms with Crippen LogP contribution in [0.2, 0.25) is 0 Å². The molecule has 0 unspecified atom stereocenters. The predicted octanol–water partition coefficient (Wildman–Crippen LogP) is 2.35. The zero-order valence-electron chi connectivity index (χ0n) is 8.13. The molecule has 3 N–H and O–H groups in total. The average molecular weight is 196 g/mol. The van der Waals surface area contributed by atoms with Crippen molar-refractivity contribution in [2.24, 2.45) is 0 Å². The molecule has 0 heterocycles. The maximum Gasteiger partial charge on any atom is 0.0603 e. The average Bonchev–Trinajstić information content (AvgIpc) is 2.10. The Kier molecular flexibility index (Phi) is 3.96. The molecule has 0 bridgehead atoms. The number of nitrogen functional groups attached to an aromatic ring is 1. The predicted molar refractivity (Wildman–Crippen MR) is 62.5 cm³/mol. The van der Waals surface area contributed by atoms with Gasteiger partial charge in [-0.3, -0.25) is 0 Å². The summed E-state index contributed by atoms with van der Waals surface area (Å²) in [6.07, 6.45) is 2.10. The Bertz CT molecular complexity index is 253. The van der Waals surface area contributed by atoms with E-state index < -0.39 is 0 Å². The van der Waals surface area contributed by atoms with Gasteiger partial charge >= 0.3 is 0 Å². The van der Waals surface area contributed by atoms with Crippen LogP contribution < -0.4 is 11.1 Å². The highest BCUT2D eigenvalue weighted by Crippen LogP contribution is 2.21. The molecule has 1 aromatic carbocycles. The smallest absolute Gasteiger partial charge is 0.0603 e. The fourth-order valence-corrected chi connectivity index (χ4v) is 1.52. The number of hydrogen-bond acceptors (Lipinski definition) is 3. The minimum Gasteiger partial charge on any atom is -0.397 e. The van der Waals surface area contributed by atoms with Gasteiger partial charge in [-0.05, 0) is 24.8 Å². The molecular formula is C10H16N2S. The van der Waals surface area contributed by atoms with Gasteiger partial charge in [-0.1, -0.05) is 12.1 Å². The highest BCUT2D eigenvalue weighted by molar-refractivity contribution is 7.98. The SMILES string of the molecule is CSCCNc1c(C)cccc1N. The Balaban J connectivity index is 2.64. The van der Waals surface area contributed by atoms with Crippen molar-refractivity contribution in [2.75, 3.05) is 29.6 Å². The summed E-state index contributed by atoms with van der Waals surface area (Å²) in [5.74, 6) is 1.10. The number of benzene rings is 1. The molecule has 0 saturated carbocycles. The first-order valence-electron chi connectivity index (χ1n) is 4.33. The first kappa shape index (κ1) is 10.3. The minimum atomic E-state index is 0.834. The van der Waals surface area contributed by atoms with Crippen LogP contribution in [0.5, 0.6) is 0 Å². The maximum absolute atomic E-state index is 5.83. The highest BCUT2D eigenvalue weighted by Gasteiger charge is 2.00. The molecule has 0 aliphatic carbocycles. The third-order valence-corrected chi connectivity index (χ3v) is 2.53. The molecule has 0 fully saturated rings. The Morgan fingerprint density at radius 1 is 1.46 bits per heavy atom. The van der Waals surface area contributed by atoms with Gasteiger partial charge < -0.3 is 11.1 Å². The number of nitrogens with one attached hydrogen (secondary N) is 1. The molecule has 0 aliphatic rings. The molecule has 13 heavy (non-hydrogen) atoms. The lowest BCUT2D eigenvalue weighted by Crippen LogP contribution is -2.07. The Morgan fingerprint density at radius 2 is 2.23 bits per heavy atom. The monoisotopic (exact) mass is 196 g/mol. The van der Waals surface area contributed by atoms with Gasteiger partial charge in [0.1, 0.15) is 0 Å². The van der Waals surface area contributed by atoms with E-state index in [1.165, 1.54) is 5.56 Å². The number of anilines is 2. The molecule has 0 aromatic heterocycles. The highest BCUT2D eigenvalue weighted by atomic mass is 32.2. The summed E-state index contributed by atoms with van der Waals surface area (Å²) in [7, 11) is 0. The summed E-state index contributed by atoms with van der Waals surface area (Å²) < 4.78 is 0. The van der Waals surface area contributed by atoms with Crippen LogP contribution in [0.15, 0.2) is 18.2 Å². The summed E-state index contributed by atoms with van der Waals surface area (Å²) in [4.78, 5) is 0. The van der Waals surface area contributed by atoms with Crippen LogP contribution in [0.1, 0.15) is 5.56 Å². The molecule has 72 valence electrons. The van der Waals surface area contributed by atoms with Gasteiger partial charge in [-0.15, -0.1) is 0 Å². The topological polar surface area (TPSA) is 38.0 Å². The first-order valence-corrected chi connectivity index (χ1v) is 5.73. The molecule has 0 radical (unpaired) electrons. The fourth-order valence-electron chi connectivity index (χ4n) is 1.21. The lowest BCUT2D eigenvalue weighted by Gasteiger charge is -2.11. The fraction of sp³-hybridized carbons (Fsp3) is 0.400. The van der Waals surface area contributed by atoms with Gasteiger partial charge in [0, 0.05) is 12.3 Å². The van der Waals surface area contributed by atoms with Gasteiger partial charge in [-0.25, -0.2) is 0 Å². The molecule has 0 atom stereocenters. The van der Waals surface area contributed by atoms with Gasteiger partial charge in [0.15, 0.2) is 0 Å². The zero-order chi connectivity index (χ0) is 9.68. The van der Waals surface area contributed by atoms with Crippen molar-refractivity contribution in [3.63, 3.8) is 0 Å². The molecule has 0 amide bonds. The molecule has 0 spiro atoms. The van der Waals surface area contributed by atoms with E-state index in [1.54, 1.807) is 0 Å². The molecule has 1 aromatic rings. The van der Waals surface area contributed by atoms with Crippen molar-refractivity contribution in [2.45, 2.75) is 6.92 Å². The minimum absolute atomic E-state index is 0.834. The van der Waals surface area contributed by atoms with Crippen LogP contribution in [0.3, 0.4) is 0 Å². The summed E-state index contributed by atoms with van der Waals surface area (Å²) in [6.45, 7) is 3.04. The third kappa shape index (κ3) is 2.84. The van der Waals surface area contributed by atoms with Gasteiger partial charge in [0.25, 0.3) is 0 Å². The maximum atomic E-state index is 5.83. The van der Waals surface area contributed by atoms with E-state index in [9.17, 15) is 0 Å². The van der Waals surface area contributed by atoms with Crippen molar-refractivity contribution in [1.82, 2.24) is 0 Å². The standard InChI is InChI=1S/C10H16N2S/c1-8-4-3-5-9(11)10(8)12-6-7-13-2/h3-5,12H,6-7,11H2,1-2H3. The summed E-state index contributed by atoms with van der Waals surface area (Å²) in [5.41, 5.74) is 8.96. The van der Waals surface area contributed by atoms with Crippen LogP contribution in [0.25, 0.3) is 0 Å². The van der Waals surface area contributed by atoms with Gasteiger partial charge in [-0.2, -0.15) is 11.8 Å².